The average molecular weight is 370 g/mol. The first-order chi connectivity index (χ1) is 11.7. The summed E-state index contributed by atoms with van der Waals surface area (Å²) in [6, 6.07) is -0.398. The van der Waals surface area contributed by atoms with Crippen molar-refractivity contribution in [3.05, 3.63) is 12.7 Å². The number of nitrogens with one attached hydrogen (secondary N) is 1. The first kappa shape index (κ1) is 22.3. The summed E-state index contributed by atoms with van der Waals surface area (Å²) in [5.41, 5.74) is -2.09. The second-order valence-corrected chi connectivity index (χ2v) is 8.93. The van der Waals surface area contributed by atoms with E-state index < -0.39 is 35.2 Å². The summed E-state index contributed by atoms with van der Waals surface area (Å²) in [6.45, 7) is 18.4. The van der Waals surface area contributed by atoms with Crippen LogP contribution in [0.1, 0.15) is 61.8 Å². The normalized spacial score (nSPS) is 22.7. The van der Waals surface area contributed by atoms with Gasteiger partial charge < -0.3 is 19.5 Å². The number of alkyl carbamates (subject to hydrolysis) is 1. The van der Waals surface area contributed by atoms with Gasteiger partial charge in [-0.1, -0.05) is 6.08 Å². The van der Waals surface area contributed by atoms with E-state index in [0.717, 1.165) is 0 Å². The van der Waals surface area contributed by atoms with Gasteiger partial charge in [0.15, 0.2) is 0 Å². The van der Waals surface area contributed by atoms with Gasteiger partial charge in [0.2, 0.25) is 0 Å². The summed E-state index contributed by atoms with van der Waals surface area (Å²) < 4.78 is 16.9. The quantitative estimate of drug-likeness (QED) is 0.761. The number of ether oxygens (including phenoxy) is 3. The lowest BCUT2D eigenvalue weighted by Gasteiger charge is -2.35. The van der Waals surface area contributed by atoms with Crippen LogP contribution in [0.2, 0.25) is 0 Å². The third kappa shape index (κ3) is 6.52. The van der Waals surface area contributed by atoms with Crippen molar-refractivity contribution in [3.8, 4) is 0 Å². The molecule has 0 bridgehead atoms. The van der Waals surface area contributed by atoms with Crippen molar-refractivity contribution in [2.45, 2.75) is 90.9 Å². The van der Waals surface area contributed by atoms with E-state index in [1.165, 1.54) is 0 Å². The van der Waals surface area contributed by atoms with Crippen LogP contribution in [-0.2, 0) is 14.2 Å². The lowest BCUT2D eigenvalue weighted by Crippen LogP contribution is -2.54. The Morgan fingerprint density at radius 3 is 2.15 bits per heavy atom. The molecule has 0 saturated carbocycles. The lowest BCUT2D eigenvalue weighted by molar-refractivity contribution is -0.0780. The van der Waals surface area contributed by atoms with Crippen molar-refractivity contribution < 1.29 is 23.8 Å². The van der Waals surface area contributed by atoms with E-state index in [-0.39, 0.29) is 12.6 Å². The molecule has 150 valence electrons. The van der Waals surface area contributed by atoms with Gasteiger partial charge in [0.25, 0.3) is 0 Å². The summed E-state index contributed by atoms with van der Waals surface area (Å²) in [5.74, 6) is 0. The fourth-order valence-corrected chi connectivity index (χ4v) is 2.83. The minimum Gasteiger partial charge on any atom is -0.444 e. The summed E-state index contributed by atoms with van der Waals surface area (Å²) in [5, 5.41) is 2.73. The molecule has 7 nitrogen and oxygen atoms in total. The van der Waals surface area contributed by atoms with Crippen molar-refractivity contribution in [3.63, 3.8) is 0 Å². The molecule has 0 aromatic rings. The molecule has 1 N–H and O–H groups in total. The van der Waals surface area contributed by atoms with Crippen molar-refractivity contribution in [2.75, 3.05) is 6.54 Å². The van der Waals surface area contributed by atoms with Crippen molar-refractivity contribution >= 4 is 12.2 Å². The molecular weight excluding hydrogens is 336 g/mol. The molecule has 0 spiro atoms. The van der Waals surface area contributed by atoms with Gasteiger partial charge in [-0.15, -0.1) is 6.58 Å². The molecule has 7 heteroatoms. The Balaban J connectivity index is 2.96. The van der Waals surface area contributed by atoms with E-state index in [0.29, 0.717) is 6.42 Å². The molecule has 0 aromatic carbocycles. The average Bonchev–Trinajstić information content (AvgIpc) is 2.63. The first-order valence-electron chi connectivity index (χ1n) is 8.94. The Morgan fingerprint density at radius 2 is 1.69 bits per heavy atom. The molecule has 1 saturated heterocycles. The van der Waals surface area contributed by atoms with Gasteiger partial charge >= 0.3 is 12.2 Å². The Bertz CT molecular complexity index is 531. The van der Waals surface area contributed by atoms with Gasteiger partial charge in [-0.25, -0.2) is 9.59 Å². The van der Waals surface area contributed by atoms with Crippen molar-refractivity contribution in [1.82, 2.24) is 10.2 Å². The van der Waals surface area contributed by atoms with E-state index in [1.54, 1.807) is 45.6 Å². The second-order valence-electron chi connectivity index (χ2n) is 8.93. The van der Waals surface area contributed by atoms with Gasteiger partial charge in [0.05, 0.1) is 12.1 Å². The molecule has 1 heterocycles. The topological polar surface area (TPSA) is 77.1 Å². The van der Waals surface area contributed by atoms with Crippen LogP contribution in [0.15, 0.2) is 12.7 Å². The number of carbonyl (C=O) groups is 2. The van der Waals surface area contributed by atoms with Crippen LogP contribution < -0.4 is 5.32 Å². The van der Waals surface area contributed by atoms with Crippen LogP contribution in [0.25, 0.3) is 0 Å². The predicted molar refractivity (Wildman–Crippen MR) is 99.9 cm³/mol. The summed E-state index contributed by atoms with van der Waals surface area (Å²) >= 11 is 0. The first-order valence-corrected chi connectivity index (χ1v) is 8.94. The number of carbonyl (C=O) groups excluding carboxylic acids is 2. The molecule has 0 aliphatic carbocycles. The lowest BCUT2D eigenvalue weighted by atomic mass is 10.1. The fourth-order valence-electron chi connectivity index (χ4n) is 2.83. The zero-order valence-corrected chi connectivity index (χ0v) is 17.3. The maximum Gasteiger partial charge on any atom is 0.412 e. The molecule has 2 amide bonds. The zero-order chi connectivity index (χ0) is 20.3. The van der Waals surface area contributed by atoms with Crippen molar-refractivity contribution in [2.24, 2.45) is 0 Å². The molecule has 1 rings (SSSR count). The van der Waals surface area contributed by atoms with Gasteiger partial charge in [0, 0.05) is 6.54 Å². The van der Waals surface area contributed by atoms with Gasteiger partial charge in [-0.05, 0) is 61.8 Å². The number of amides is 2. The molecular formula is C19H34N2O5. The van der Waals surface area contributed by atoms with E-state index in [2.05, 4.69) is 11.9 Å². The third-order valence-electron chi connectivity index (χ3n) is 3.62. The smallest absolute Gasteiger partial charge is 0.412 e. The van der Waals surface area contributed by atoms with Crippen LogP contribution in [-0.4, -0.2) is 52.7 Å². The molecule has 1 aliphatic heterocycles. The maximum atomic E-state index is 12.8. The predicted octanol–water partition coefficient (Wildman–Crippen LogP) is 3.83. The molecule has 1 fully saturated rings. The van der Waals surface area contributed by atoms with Crippen LogP contribution in [0.5, 0.6) is 0 Å². The number of rotatable bonds is 4. The maximum absolute atomic E-state index is 12.8. The number of nitrogens with zero attached hydrogens (tertiary/aromatic N) is 1. The minimum absolute atomic E-state index is 0.191. The van der Waals surface area contributed by atoms with E-state index in [1.807, 2.05) is 20.8 Å². The molecule has 26 heavy (non-hydrogen) atoms. The monoisotopic (exact) mass is 370 g/mol. The summed E-state index contributed by atoms with van der Waals surface area (Å²) in [7, 11) is 0. The highest BCUT2D eigenvalue weighted by Gasteiger charge is 2.50. The Hall–Kier alpha value is -1.76. The summed E-state index contributed by atoms with van der Waals surface area (Å²) in [4.78, 5) is 26.3. The van der Waals surface area contributed by atoms with Crippen LogP contribution in [0, 0.1) is 0 Å². The minimum atomic E-state index is -0.865. The highest BCUT2D eigenvalue weighted by atomic mass is 16.6. The third-order valence-corrected chi connectivity index (χ3v) is 3.62. The van der Waals surface area contributed by atoms with Crippen LogP contribution in [0.3, 0.4) is 0 Å². The number of hydrogen-bond acceptors (Lipinski definition) is 5. The largest absolute Gasteiger partial charge is 0.444 e. The fraction of sp³-hybridized carbons (Fsp3) is 0.789. The van der Waals surface area contributed by atoms with Crippen LogP contribution in [0.4, 0.5) is 9.59 Å². The Labute approximate surface area is 157 Å². The standard InChI is InChI=1S/C19H34N2O5/c1-10-11-14-13(12-20-15(22)25-17(2,3)4)21(19(8,9)24-14)16(23)26-18(5,6)7/h10,13-14H,1,11-12H2,2-9H3,(H,20,22)/t13-,14+/m1/s1. The van der Waals surface area contributed by atoms with E-state index >= 15 is 0 Å². The summed E-state index contributed by atoms with van der Waals surface area (Å²) in [6.07, 6.45) is 0.960. The van der Waals surface area contributed by atoms with E-state index in [9.17, 15) is 9.59 Å². The van der Waals surface area contributed by atoms with Crippen LogP contribution >= 0.6 is 0 Å². The second kappa shape index (κ2) is 7.86. The SMILES string of the molecule is C=CC[C@@H]1OC(C)(C)N(C(=O)OC(C)(C)C)[C@@H]1CNC(=O)OC(C)(C)C. The molecule has 1 aliphatic rings. The molecule has 0 radical (unpaired) electrons. The van der Waals surface area contributed by atoms with E-state index in [4.69, 9.17) is 14.2 Å². The van der Waals surface area contributed by atoms with Gasteiger partial charge in [-0.2, -0.15) is 0 Å². The Morgan fingerprint density at radius 1 is 1.15 bits per heavy atom. The van der Waals surface area contributed by atoms with Gasteiger partial charge in [-0.3, -0.25) is 4.90 Å². The highest BCUT2D eigenvalue weighted by Crippen LogP contribution is 2.35. The van der Waals surface area contributed by atoms with Gasteiger partial charge in [0.1, 0.15) is 16.9 Å². The molecule has 0 unspecified atom stereocenters. The molecule has 2 atom stereocenters. The highest BCUT2D eigenvalue weighted by molar-refractivity contribution is 5.71. The molecule has 0 aromatic heterocycles. The zero-order valence-electron chi connectivity index (χ0n) is 17.3. The number of hydrogen-bond donors (Lipinski definition) is 1. The Kier molecular flexibility index (Phi) is 6.74. The van der Waals surface area contributed by atoms with Crippen molar-refractivity contribution in [1.29, 1.82) is 0 Å².